The Hall–Kier alpha value is -3.33. The number of aromatic nitrogens is 1. The van der Waals surface area contributed by atoms with Crippen LogP contribution in [0.5, 0.6) is 11.6 Å². The van der Waals surface area contributed by atoms with Gasteiger partial charge in [0.25, 0.3) is 0 Å². The number of hydrogen-bond donors (Lipinski definition) is 2. The lowest BCUT2D eigenvalue weighted by molar-refractivity contribution is -0.145. The van der Waals surface area contributed by atoms with Crippen molar-refractivity contribution >= 4 is 23.3 Å². The second kappa shape index (κ2) is 10.1. The zero-order valence-electron chi connectivity index (χ0n) is 19.0. The van der Waals surface area contributed by atoms with E-state index in [2.05, 4.69) is 10.3 Å². The summed E-state index contributed by atoms with van der Waals surface area (Å²) in [6.07, 6.45) is -4.59. The third kappa shape index (κ3) is 5.67. The summed E-state index contributed by atoms with van der Waals surface area (Å²) < 4.78 is 58.0. The smallest absolute Gasteiger partial charge is 0.416 e. The molecule has 0 aliphatic rings. The zero-order chi connectivity index (χ0) is 26.0. The minimum Gasteiger partial charge on any atom is -0.479 e. The van der Waals surface area contributed by atoms with Crippen molar-refractivity contribution in [2.45, 2.75) is 38.4 Å². The minimum absolute atomic E-state index is 0.0429. The quantitative estimate of drug-likeness (QED) is 0.309. The lowest BCUT2D eigenvalue weighted by atomic mass is 9.74. The molecule has 0 aliphatic heterocycles. The maximum Gasteiger partial charge on any atom is 0.416 e. The van der Waals surface area contributed by atoms with E-state index in [-0.39, 0.29) is 16.6 Å². The molecule has 0 saturated heterocycles. The van der Waals surface area contributed by atoms with Gasteiger partial charge in [-0.2, -0.15) is 13.2 Å². The van der Waals surface area contributed by atoms with Crippen molar-refractivity contribution in [3.63, 3.8) is 0 Å². The first-order valence-electron chi connectivity index (χ1n) is 10.6. The number of pyridine rings is 1. The fraction of sp³-hybridized carbons (Fsp3) is 0.280. The Morgan fingerprint density at radius 2 is 1.71 bits per heavy atom. The molecule has 5 nitrogen and oxygen atoms in total. The maximum absolute atomic E-state index is 13.2. The normalized spacial score (nSPS) is 14.3. The number of benzene rings is 2. The molecule has 0 spiro atoms. The van der Waals surface area contributed by atoms with Gasteiger partial charge in [0.1, 0.15) is 17.1 Å². The molecular formula is C25H23ClF4N2O3. The average molecular weight is 511 g/mol. The molecule has 0 aliphatic carbocycles. The number of aliphatic carboxylic acids is 1. The molecule has 10 heteroatoms. The molecule has 0 fully saturated rings. The molecule has 0 saturated carbocycles. The van der Waals surface area contributed by atoms with E-state index in [4.69, 9.17) is 16.3 Å². The Morgan fingerprint density at radius 3 is 2.26 bits per heavy atom. The zero-order valence-corrected chi connectivity index (χ0v) is 19.8. The van der Waals surface area contributed by atoms with Crippen molar-refractivity contribution in [3.05, 3.63) is 82.8 Å². The molecule has 0 bridgehead atoms. The van der Waals surface area contributed by atoms with Crippen LogP contribution in [0.4, 0.5) is 23.2 Å². The van der Waals surface area contributed by atoms with Crippen LogP contribution >= 0.6 is 11.6 Å². The van der Waals surface area contributed by atoms with Gasteiger partial charge in [-0.3, -0.25) is 0 Å². The van der Waals surface area contributed by atoms with Crippen LogP contribution in [-0.4, -0.2) is 21.6 Å². The lowest BCUT2D eigenvalue weighted by Crippen LogP contribution is -2.55. The number of rotatable bonds is 8. The van der Waals surface area contributed by atoms with Gasteiger partial charge in [-0.15, -0.1) is 0 Å². The summed E-state index contributed by atoms with van der Waals surface area (Å²) in [5.41, 5.74) is -2.23. The fourth-order valence-electron chi connectivity index (χ4n) is 3.84. The van der Waals surface area contributed by atoms with Gasteiger partial charge in [0.15, 0.2) is 0 Å². The molecule has 2 atom stereocenters. The van der Waals surface area contributed by atoms with Gasteiger partial charge in [-0.05, 0) is 54.4 Å². The van der Waals surface area contributed by atoms with Crippen molar-refractivity contribution in [2.24, 2.45) is 5.92 Å². The van der Waals surface area contributed by atoms with Crippen LogP contribution in [0, 0.1) is 11.7 Å². The van der Waals surface area contributed by atoms with Crippen LogP contribution in [0.15, 0.2) is 60.7 Å². The Bertz CT molecular complexity index is 1200. The fourth-order valence-corrected chi connectivity index (χ4v) is 4.07. The third-order valence-corrected chi connectivity index (χ3v) is 6.12. The molecule has 0 radical (unpaired) electrons. The highest BCUT2D eigenvalue weighted by atomic mass is 35.5. The number of anilines is 1. The second-order valence-electron chi connectivity index (χ2n) is 8.32. The van der Waals surface area contributed by atoms with Crippen LogP contribution in [0.2, 0.25) is 5.02 Å². The molecular weight excluding hydrogens is 488 g/mol. The third-order valence-electron chi connectivity index (χ3n) is 5.81. The topological polar surface area (TPSA) is 71.5 Å². The summed E-state index contributed by atoms with van der Waals surface area (Å²) in [4.78, 5) is 17.1. The van der Waals surface area contributed by atoms with Crippen molar-refractivity contribution in [2.75, 3.05) is 5.32 Å². The van der Waals surface area contributed by atoms with E-state index in [1.807, 2.05) is 0 Å². The standard InChI is InChI=1S/C25H23ClF4N2O3/c1-14(2)24(23(33)34,32-21-12-7-16(13-19(21)26)25(28,29)30)15(3)20-5-4-6-22(31-20)35-18-10-8-17(27)9-11-18/h4-15,32H,1-3H3,(H,33,34). The first-order chi connectivity index (χ1) is 16.3. The number of ether oxygens (including phenoxy) is 1. The summed E-state index contributed by atoms with van der Waals surface area (Å²) >= 11 is 6.11. The minimum atomic E-state index is -4.59. The number of nitrogens with one attached hydrogen (secondary N) is 1. The summed E-state index contributed by atoms with van der Waals surface area (Å²) in [6, 6.07) is 12.8. The van der Waals surface area contributed by atoms with Gasteiger partial charge < -0.3 is 15.2 Å². The molecule has 3 aromatic rings. The summed E-state index contributed by atoms with van der Waals surface area (Å²) in [7, 11) is 0. The lowest BCUT2D eigenvalue weighted by Gasteiger charge is -2.40. The average Bonchev–Trinajstić information content (AvgIpc) is 2.78. The molecule has 0 amide bonds. The highest BCUT2D eigenvalue weighted by Gasteiger charge is 2.48. The molecule has 186 valence electrons. The van der Waals surface area contributed by atoms with Gasteiger partial charge in [-0.25, -0.2) is 14.2 Å². The summed E-state index contributed by atoms with van der Waals surface area (Å²) in [6.45, 7) is 4.99. The maximum atomic E-state index is 13.2. The van der Waals surface area contributed by atoms with Gasteiger partial charge >= 0.3 is 12.1 Å². The van der Waals surface area contributed by atoms with Gasteiger partial charge in [0, 0.05) is 12.0 Å². The van der Waals surface area contributed by atoms with E-state index in [1.54, 1.807) is 39.0 Å². The van der Waals surface area contributed by atoms with Gasteiger partial charge in [-0.1, -0.05) is 38.4 Å². The molecule has 1 aromatic heterocycles. The van der Waals surface area contributed by atoms with E-state index >= 15 is 0 Å². The summed E-state index contributed by atoms with van der Waals surface area (Å²) in [5.74, 6) is -2.48. The number of nitrogens with zero attached hydrogens (tertiary/aromatic N) is 1. The Kier molecular flexibility index (Phi) is 7.59. The van der Waals surface area contributed by atoms with Crippen LogP contribution in [-0.2, 0) is 11.0 Å². The monoisotopic (exact) mass is 510 g/mol. The largest absolute Gasteiger partial charge is 0.479 e. The van der Waals surface area contributed by atoms with E-state index in [1.165, 1.54) is 24.3 Å². The van der Waals surface area contributed by atoms with Crippen LogP contribution in [0.25, 0.3) is 0 Å². The highest BCUT2D eigenvalue weighted by molar-refractivity contribution is 6.33. The number of carboxylic acid groups (broad SMARTS) is 1. The van der Waals surface area contributed by atoms with Gasteiger partial charge in [0.2, 0.25) is 5.88 Å². The Morgan fingerprint density at radius 1 is 1.06 bits per heavy atom. The van der Waals surface area contributed by atoms with E-state index in [0.29, 0.717) is 11.4 Å². The van der Waals surface area contributed by atoms with Crippen LogP contribution < -0.4 is 10.1 Å². The molecule has 2 N–H and O–H groups in total. The number of carbonyl (C=O) groups is 1. The van der Waals surface area contributed by atoms with Crippen LogP contribution in [0.3, 0.4) is 0 Å². The highest BCUT2D eigenvalue weighted by Crippen LogP contribution is 2.41. The van der Waals surface area contributed by atoms with E-state index in [9.17, 15) is 27.5 Å². The molecule has 2 aromatic carbocycles. The van der Waals surface area contributed by atoms with E-state index < -0.39 is 40.9 Å². The number of halogens is 5. The van der Waals surface area contributed by atoms with E-state index in [0.717, 1.165) is 18.2 Å². The predicted molar refractivity (Wildman–Crippen MR) is 124 cm³/mol. The first-order valence-corrected chi connectivity index (χ1v) is 11.0. The Balaban J connectivity index is 1.98. The first kappa shape index (κ1) is 26.3. The number of alkyl halides is 3. The van der Waals surface area contributed by atoms with Crippen LogP contribution in [0.1, 0.15) is 37.9 Å². The molecule has 2 unspecified atom stereocenters. The number of hydrogen-bond acceptors (Lipinski definition) is 4. The molecule has 3 rings (SSSR count). The second-order valence-corrected chi connectivity index (χ2v) is 8.73. The number of carboxylic acids is 1. The van der Waals surface area contributed by atoms with Crippen molar-refractivity contribution in [1.82, 2.24) is 4.98 Å². The SMILES string of the molecule is CC(C)C(Nc1ccc(C(F)(F)F)cc1Cl)(C(=O)O)C(C)c1cccc(Oc2ccc(F)cc2)n1. The Labute approximate surface area is 204 Å². The molecule has 1 heterocycles. The molecule has 35 heavy (non-hydrogen) atoms. The van der Waals surface area contributed by atoms with Crippen molar-refractivity contribution in [3.8, 4) is 11.6 Å². The van der Waals surface area contributed by atoms with Gasteiger partial charge in [0.05, 0.1) is 22.0 Å². The summed E-state index contributed by atoms with van der Waals surface area (Å²) in [5, 5.41) is 12.9. The predicted octanol–water partition coefficient (Wildman–Crippen LogP) is 7.38. The van der Waals surface area contributed by atoms with Crippen molar-refractivity contribution in [1.29, 1.82) is 0 Å². The van der Waals surface area contributed by atoms with Crippen molar-refractivity contribution < 1.29 is 32.2 Å².